The van der Waals surface area contributed by atoms with Crippen LogP contribution in [0.4, 0.5) is 10.1 Å². The van der Waals surface area contributed by atoms with Crippen molar-refractivity contribution in [3.63, 3.8) is 0 Å². The Kier molecular flexibility index (Phi) is 3.96. The molecule has 0 fully saturated rings. The summed E-state index contributed by atoms with van der Waals surface area (Å²) in [6.07, 6.45) is 1.68. The van der Waals surface area contributed by atoms with Crippen molar-refractivity contribution < 1.29 is 9.18 Å². The Labute approximate surface area is 135 Å². The third-order valence-corrected chi connectivity index (χ3v) is 4.80. The van der Waals surface area contributed by atoms with Crippen molar-refractivity contribution in [3.05, 3.63) is 46.5 Å². The second-order valence-electron chi connectivity index (χ2n) is 6.27. The van der Waals surface area contributed by atoms with Crippen LogP contribution in [0.15, 0.2) is 18.2 Å². The van der Waals surface area contributed by atoms with Gasteiger partial charge in [0, 0.05) is 24.8 Å². The number of rotatable bonds is 2. The lowest BCUT2D eigenvalue weighted by molar-refractivity contribution is -0.119. The number of nitrogens with zero attached hydrogens (tertiary/aromatic N) is 3. The quantitative estimate of drug-likeness (QED) is 0.853. The maximum absolute atomic E-state index is 14.3. The average molecular weight is 315 g/mol. The molecule has 122 valence electrons. The Hall–Kier alpha value is -2.17. The van der Waals surface area contributed by atoms with E-state index in [9.17, 15) is 9.18 Å². The fourth-order valence-corrected chi connectivity index (χ4v) is 3.60. The molecule has 3 rings (SSSR count). The van der Waals surface area contributed by atoms with Gasteiger partial charge in [0.1, 0.15) is 5.82 Å². The first kappa shape index (κ1) is 15.7. The van der Waals surface area contributed by atoms with E-state index in [0.29, 0.717) is 12.2 Å². The molecule has 4 nitrogen and oxygen atoms in total. The Morgan fingerprint density at radius 3 is 2.74 bits per heavy atom. The highest BCUT2D eigenvalue weighted by Crippen LogP contribution is 2.33. The summed E-state index contributed by atoms with van der Waals surface area (Å²) in [6, 6.07) is 5.04. The van der Waals surface area contributed by atoms with E-state index in [-0.39, 0.29) is 17.6 Å². The molecule has 1 aromatic carbocycles. The molecule has 1 amide bonds. The number of halogens is 1. The van der Waals surface area contributed by atoms with Gasteiger partial charge in [-0.1, -0.05) is 12.1 Å². The van der Waals surface area contributed by atoms with Gasteiger partial charge in [0.15, 0.2) is 0 Å². The lowest BCUT2D eigenvalue weighted by atomic mass is 9.94. The van der Waals surface area contributed by atoms with E-state index in [0.717, 1.165) is 35.4 Å². The van der Waals surface area contributed by atoms with Crippen LogP contribution in [0.5, 0.6) is 0 Å². The van der Waals surface area contributed by atoms with Gasteiger partial charge in [-0.15, -0.1) is 0 Å². The van der Waals surface area contributed by atoms with Gasteiger partial charge < -0.3 is 4.90 Å². The highest BCUT2D eigenvalue weighted by molar-refractivity contribution is 5.99. The molecule has 1 atom stereocenters. The Bertz CT molecular complexity index is 766. The SMILES string of the molecule is Cc1nn(C)c(C)c1[C@@H](C)C(=O)N1CCCc2cccc(F)c21. The molecule has 0 bridgehead atoms. The molecule has 1 aliphatic heterocycles. The molecular formula is C18H22FN3O. The number of anilines is 1. The summed E-state index contributed by atoms with van der Waals surface area (Å²) < 4.78 is 16.1. The first-order valence-electron chi connectivity index (χ1n) is 8.00. The number of amides is 1. The van der Waals surface area contributed by atoms with Crippen molar-refractivity contribution in [2.45, 2.75) is 39.5 Å². The number of hydrogen-bond donors (Lipinski definition) is 0. The highest BCUT2D eigenvalue weighted by Gasteiger charge is 2.31. The minimum Gasteiger partial charge on any atom is -0.309 e. The van der Waals surface area contributed by atoms with Crippen LogP contribution in [0.3, 0.4) is 0 Å². The molecule has 5 heteroatoms. The molecule has 0 aliphatic carbocycles. The van der Waals surface area contributed by atoms with E-state index < -0.39 is 0 Å². The Morgan fingerprint density at radius 1 is 1.35 bits per heavy atom. The van der Waals surface area contributed by atoms with Crippen molar-refractivity contribution in [1.29, 1.82) is 0 Å². The Morgan fingerprint density at radius 2 is 2.09 bits per heavy atom. The van der Waals surface area contributed by atoms with Crippen molar-refractivity contribution >= 4 is 11.6 Å². The fourth-order valence-electron chi connectivity index (χ4n) is 3.60. The van der Waals surface area contributed by atoms with Gasteiger partial charge >= 0.3 is 0 Å². The molecule has 0 unspecified atom stereocenters. The van der Waals surface area contributed by atoms with Crippen molar-refractivity contribution in [2.75, 3.05) is 11.4 Å². The first-order valence-corrected chi connectivity index (χ1v) is 8.00. The standard InChI is InChI=1S/C18H22FN3O/c1-11(16-12(2)20-21(4)13(16)3)18(23)22-10-6-8-14-7-5-9-15(19)17(14)22/h5,7,9,11H,6,8,10H2,1-4H3/t11-/m1/s1. The van der Waals surface area contributed by atoms with Crippen LogP contribution in [0.25, 0.3) is 0 Å². The lowest BCUT2D eigenvalue weighted by Crippen LogP contribution is -2.39. The van der Waals surface area contributed by atoms with Gasteiger partial charge in [-0.05, 0) is 45.2 Å². The van der Waals surface area contributed by atoms with Crippen molar-refractivity contribution in [2.24, 2.45) is 7.05 Å². The minimum absolute atomic E-state index is 0.0600. The maximum atomic E-state index is 14.3. The lowest BCUT2D eigenvalue weighted by Gasteiger charge is -2.32. The topological polar surface area (TPSA) is 38.1 Å². The smallest absolute Gasteiger partial charge is 0.234 e. The average Bonchev–Trinajstić information content (AvgIpc) is 2.78. The molecular weight excluding hydrogens is 293 g/mol. The molecule has 23 heavy (non-hydrogen) atoms. The molecule has 0 N–H and O–H groups in total. The molecule has 1 aliphatic rings. The number of aryl methyl sites for hydroxylation is 3. The van der Waals surface area contributed by atoms with E-state index in [1.165, 1.54) is 6.07 Å². The summed E-state index contributed by atoms with van der Waals surface area (Å²) in [5.74, 6) is -0.716. The van der Waals surface area contributed by atoms with E-state index in [4.69, 9.17) is 0 Å². The summed E-state index contributed by atoms with van der Waals surface area (Å²) in [4.78, 5) is 14.7. The molecule has 0 radical (unpaired) electrons. The number of carbonyl (C=O) groups is 1. The van der Waals surface area contributed by atoms with Crippen LogP contribution in [0.2, 0.25) is 0 Å². The van der Waals surface area contributed by atoms with Crippen molar-refractivity contribution in [1.82, 2.24) is 9.78 Å². The first-order chi connectivity index (χ1) is 10.9. The molecule has 2 heterocycles. The fraction of sp³-hybridized carbons (Fsp3) is 0.444. The Balaban J connectivity index is 1.99. The highest BCUT2D eigenvalue weighted by atomic mass is 19.1. The second kappa shape index (κ2) is 5.80. The van der Waals surface area contributed by atoms with Crippen LogP contribution in [0, 0.1) is 19.7 Å². The predicted octanol–water partition coefficient (Wildman–Crippen LogP) is 3.26. The number of aromatic nitrogens is 2. The molecule has 0 saturated heterocycles. The summed E-state index contributed by atoms with van der Waals surface area (Å²) in [7, 11) is 1.87. The summed E-state index contributed by atoms with van der Waals surface area (Å²) in [5, 5.41) is 4.39. The van der Waals surface area contributed by atoms with Crippen LogP contribution < -0.4 is 4.90 Å². The third-order valence-electron chi connectivity index (χ3n) is 4.80. The third kappa shape index (κ3) is 2.54. The molecule has 0 spiro atoms. The number of hydrogen-bond acceptors (Lipinski definition) is 2. The van der Waals surface area contributed by atoms with Gasteiger partial charge in [0.25, 0.3) is 0 Å². The van der Waals surface area contributed by atoms with Crippen LogP contribution in [-0.4, -0.2) is 22.2 Å². The number of carbonyl (C=O) groups excluding carboxylic acids is 1. The normalized spacial score (nSPS) is 15.4. The summed E-state index contributed by atoms with van der Waals surface area (Å²) in [5.41, 5.74) is 4.15. The summed E-state index contributed by atoms with van der Waals surface area (Å²) in [6.45, 7) is 6.32. The van der Waals surface area contributed by atoms with Gasteiger partial charge in [-0.3, -0.25) is 9.48 Å². The second-order valence-corrected chi connectivity index (χ2v) is 6.27. The van der Waals surface area contributed by atoms with E-state index in [2.05, 4.69) is 5.10 Å². The van der Waals surface area contributed by atoms with Crippen LogP contribution >= 0.6 is 0 Å². The number of fused-ring (bicyclic) bond motifs is 1. The monoisotopic (exact) mass is 315 g/mol. The van der Waals surface area contributed by atoms with Gasteiger partial charge in [-0.25, -0.2) is 4.39 Å². The van der Waals surface area contributed by atoms with Crippen LogP contribution in [-0.2, 0) is 18.3 Å². The maximum Gasteiger partial charge on any atom is 0.234 e. The minimum atomic E-state index is -0.339. The zero-order valence-electron chi connectivity index (χ0n) is 14.1. The van der Waals surface area contributed by atoms with Crippen molar-refractivity contribution in [3.8, 4) is 0 Å². The zero-order chi connectivity index (χ0) is 16.7. The van der Waals surface area contributed by atoms with Gasteiger partial charge in [-0.2, -0.15) is 5.10 Å². The van der Waals surface area contributed by atoms with Gasteiger partial charge in [0.05, 0.1) is 17.3 Å². The van der Waals surface area contributed by atoms with E-state index >= 15 is 0 Å². The van der Waals surface area contributed by atoms with Gasteiger partial charge in [0.2, 0.25) is 5.91 Å². The zero-order valence-corrected chi connectivity index (χ0v) is 14.1. The van der Waals surface area contributed by atoms with Crippen LogP contribution in [0.1, 0.15) is 41.8 Å². The molecule has 0 saturated carbocycles. The predicted molar refractivity (Wildman–Crippen MR) is 88.2 cm³/mol. The largest absolute Gasteiger partial charge is 0.309 e. The number of para-hydroxylation sites is 1. The van der Waals surface area contributed by atoms with E-state index in [1.54, 1.807) is 15.6 Å². The molecule has 1 aromatic heterocycles. The summed E-state index contributed by atoms with van der Waals surface area (Å²) >= 11 is 0. The number of benzene rings is 1. The van der Waals surface area contributed by atoms with E-state index in [1.807, 2.05) is 33.9 Å². The molecule has 2 aromatic rings.